The van der Waals surface area contributed by atoms with E-state index >= 15 is 0 Å². The van der Waals surface area contributed by atoms with Crippen LogP contribution >= 0.6 is 0 Å². The fourth-order valence-corrected chi connectivity index (χ4v) is 2.97. The second kappa shape index (κ2) is 8.44. The largest absolute Gasteiger partial charge is 0.425 e. The molecule has 1 aromatic heterocycles. The van der Waals surface area contributed by atoms with Crippen LogP contribution in [0.1, 0.15) is 29.8 Å². The molecule has 0 bridgehead atoms. The molecule has 0 fully saturated rings. The molecule has 3 rings (SSSR count). The number of carbonyl (C=O) groups excluding carboxylic acids is 2. The highest BCUT2D eigenvalue weighted by Gasteiger charge is 2.29. The third kappa shape index (κ3) is 4.37. The van der Waals surface area contributed by atoms with E-state index in [-0.39, 0.29) is 11.3 Å². The van der Waals surface area contributed by atoms with Gasteiger partial charge in [0.1, 0.15) is 34.6 Å². The first-order valence-electron chi connectivity index (χ1n) is 9.18. The van der Waals surface area contributed by atoms with Gasteiger partial charge in [-0.25, -0.2) is 18.4 Å². The summed E-state index contributed by atoms with van der Waals surface area (Å²) in [4.78, 5) is 36.6. The van der Waals surface area contributed by atoms with Crippen molar-refractivity contribution in [2.45, 2.75) is 26.8 Å². The zero-order valence-electron chi connectivity index (χ0n) is 16.5. The van der Waals surface area contributed by atoms with E-state index in [1.807, 2.05) is 0 Å². The van der Waals surface area contributed by atoms with Gasteiger partial charge in [-0.05, 0) is 42.7 Å². The Morgan fingerprint density at radius 1 is 1.07 bits per heavy atom. The van der Waals surface area contributed by atoms with Gasteiger partial charge in [0.2, 0.25) is 0 Å². The lowest BCUT2D eigenvalue weighted by Crippen LogP contribution is -2.46. The highest BCUT2D eigenvalue weighted by molar-refractivity contribution is 5.97. The van der Waals surface area contributed by atoms with E-state index in [2.05, 4.69) is 5.32 Å². The number of halogens is 2. The molecule has 0 radical (unpaired) electrons. The zero-order chi connectivity index (χ0) is 22.0. The van der Waals surface area contributed by atoms with Gasteiger partial charge in [-0.3, -0.25) is 4.79 Å². The van der Waals surface area contributed by atoms with Gasteiger partial charge in [-0.15, -0.1) is 0 Å². The Kier molecular flexibility index (Phi) is 5.96. The predicted molar refractivity (Wildman–Crippen MR) is 105 cm³/mol. The summed E-state index contributed by atoms with van der Waals surface area (Å²) in [6.45, 7) is 5.04. The number of amides is 1. The van der Waals surface area contributed by atoms with Crippen molar-refractivity contribution >= 4 is 22.8 Å². The molecule has 3 aromatic rings. The molecule has 0 aliphatic heterocycles. The number of ether oxygens (including phenoxy) is 1. The van der Waals surface area contributed by atoms with Crippen LogP contribution in [0.5, 0.6) is 5.75 Å². The third-order valence-corrected chi connectivity index (χ3v) is 4.54. The summed E-state index contributed by atoms with van der Waals surface area (Å²) in [6.07, 6.45) is 0. The monoisotopic (exact) mass is 415 g/mol. The Morgan fingerprint density at radius 3 is 2.37 bits per heavy atom. The number of aryl methyl sites for hydroxylation is 1. The number of benzene rings is 2. The summed E-state index contributed by atoms with van der Waals surface area (Å²) < 4.78 is 38.2. The van der Waals surface area contributed by atoms with E-state index in [0.717, 1.165) is 18.2 Å². The maximum absolute atomic E-state index is 13.9. The molecule has 1 amide bonds. The fourth-order valence-electron chi connectivity index (χ4n) is 2.97. The molecule has 30 heavy (non-hydrogen) atoms. The van der Waals surface area contributed by atoms with Crippen molar-refractivity contribution in [3.8, 4) is 5.75 Å². The van der Waals surface area contributed by atoms with Gasteiger partial charge >= 0.3 is 11.6 Å². The van der Waals surface area contributed by atoms with Crippen molar-refractivity contribution < 1.29 is 27.5 Å². The molecule has 0 aliphatic carbocycles. The van der Waals surface area contributed by atoms with E-state index in [1.165, 1.54) is 18.2 Å². The summed E-state index contributed by atoms with van der Waals surface area (Å²) in [5.74, 6) is -4.31. The zero-order valence-corrected chi connectivity index (χ0v) is 16.5. The van der Waals surface area contributed by atoms with Gasteiger partial charge in [0.15, 0.2) is 0 Å². The Morgan fingerprint density at radius 2 is 1.73 bits per heavy atom. The third-order valence-electron chi connectivity index (χ3n) is 4.54. The lowest BCUT2D eigenvalue weighted by Gasteiger charge is -2.21. The molecule has 0 saturated carbocycles. The normalized spacial score (nSPS) is 12.1. The van der Waals surface area contributed by atoms with Crippen molar-refractivity contribution in [3.63, 3.8) is 0 Å². The molecule has 6 nitrogen and oxygen atoms in total. The van der Waals surface area contributed by atoms with Crippen LogP contribution < -0.4 is 15.7 Å². The number of nitrogens with one attached hydrogen (secondary N) is 1. The smallest absolute Gasteiger partial charge is 0.336 e. The first-order chi connectivity index (χ1) is 14.2. The molecule has 1 N–H and O–H groups in total. The molecule has 156 valence electrons. The van der Waals surface area contributed by atoms with E-state index in [0.29, 0.717) is 10.9 Å². The van der Waals surface area contributed by atoms with E-state index < -0.39 is 46.7 Å². The maximum Gasteiger partial charge on any atom is 0.336 e. The molecule has 1 atom stereocenters. The Balaban J connectivity index is 1.83. The molecule has 2 aromatic carbocycles. The lowest BCUT2D eigenvalue weighted by atomic mass is 10.0. The van der Waals surface area contributed by atoms with Gasteiger partial charge in [0.05, 0.1) is 0 Å². The number of esters is 1. The average Bonchev–Trinajstić information content (AvgIpc) is 2.65. The molecular formula is C22H19F2NO5. The number of fused-ring (bicyclic) bond motifs is 1. The summed E-state index contributed by atoms with van der Waals surface area (Å²) in [6, 6.07) is 7.75. The standard InChI is InChI=1S/C22H19F2NO5/c1-11(2)20(25-21(27)19-15(23)5-4-6-16(19)24)22(28)29-13-7-8-14-12(3)9-18(26)30-17(14)10-13/h4-11,20H,1-3H3,(H,25,27). The Hall–Kier alpha value is -3.55. The second-order valence-corrected chi connectivity index (χ2v) is 7.12. The van der Waals surface area contributed by atoms with Gasteiger partial charge in [0.25, 0.3) is 5.91 Å². The van der Waals surface area contributed by atoms with Crippen LogP contribution in [0.3, 0.4) is 0 Å². The van der Waals surface area contributed by atoms with Crippen LogP contribution in [0.15, 0.2) is 51.7 Å². The first kappa shape index (κ1) is 21.2. The fraction of sp³-hybridized carbons (Fsp3) is 0.227. The van der Waals surface area contributed by atoms with E-state index in [9.17, 15) is 23.2 Å². The molecule has 1 unspecified atom stereocenters. The van der Waals surface area contributed by atoms with Crippen molar-refractivity contribution in [1.82, 2.24) is 5.32 Å². The number of rotatable bonds is 5. The minimum absolute atomic E-state index is 0.0956. The van der Waals surface area contributed by atoms with Gasteiger partial charge in [-0.1, -0.05) is 19.9 Å². The quantitative estimate of drug-likeness (QED) is 0.390. The summed E-state index contributed by atoms with van der Waals surface area (Å²) in [7, 11) is 0. The van der Waals surface area contributed by atoms with Crippen molar-refractivity contribution in [2.24, 2.45) is 5.92 Å². The van der Waals surface area contributed by atoms with Crippen LogP contribution in [-0.4, -0.2) is 17.9 Å². The van der Waals surface area contributed by atoms with Crippen LogP contribution in [-0.2, 0) is 4.79 Å². The summed E-state index contributed by atoms with van der Waals surface area (Å²) >= 11 is 0. The molecule has 0 aliphatic rings. The predicted octanol–water partition coefficient (Wildman–Crippen LogP) is 3.74. The molecule has 8 heteroatoms. The van der Waals surface area contributed by atoms with Crippen molar-refractivity contribution in [1.29, 1.82) is 0 Å². The summed E-state index contributed by atoms with van der Waals surface area (Å²) in [5.41, 5.74) is -0.371. The Bertz CT molecular complexity index is 1170. The number of hydrogen-bond donors (Lipinski definition) is 1. The highest BCUT2D eigenvalue weighted by Crippen LogP contribution is 2.23. The van der Waals surface area contributed by atoms with Crippen LogP contribution in [0.25, 0.3) is 11.0 Å². The van der Waals surface area contributed by atoms with Gasteiger partial charge in [0, 0.05) is 17.5 Å². The lowest BCUT2D eigenvalue weighted by molar-refractivity contribution is -0.137. The number of hydrogen-bond acceptors (Lipinski definition) is 5. The van der Waals surface area contributed by atoms with Crippen molar-refractivity contribution in [3.05, 3.63) is 75.6 Å². The number of carbonyl (C=O) groups is 2. The Labute approximate surface area is 170 Å². The molecule has 0 spiro atoms. The molecule has 1 heterocycles. The van der Waals surface area contributed by atoms with Crippen LogP contribution in [0.2, 0.25) is 0 Å². The SMILES string of the molecule is Cc1cc(=O)oc2cc(OC(=O)C(NC(=O)c3c(F)cccc3F)C(C)C)ccc12. The van der Waals surface area contributed by atoms with E-state index in [4.69, 9.17) is 9.15 Å². The minimum Gasteiger partial charge on any atom is -0.425 e. The summed E-state index contributed by atoms with van der Waals surface area (Å²) in [5, 5.41) is 3.00. The maximum atomic E-state index is 13.9. The van der Waals surface area contributed by atoms with Gasteiger partial charge < -0.3 is 14.5 Å². The molecule has 0 saturated heterocycles. The highest BCUT2D eigenvalue weighted by atomic mass is 19.1. The second-order valence-electron chi connectivity index (χ2n) is 7.12. The first-order valence-corrected chi connectivity index (χ1v) is 9.18. The molecular weight excluding hydrogens is 396 g/mol. The van der Waals surface area contributed by atoms with Crippen LogP contribution in [0, 0.1) is 24.5 Å². The van der Waals surface area contributed by atoms with Crippen LogP contribution in [0.4, 0.5) is 8.78 Å². The van der Waals surface area contributed by atoms with E-state index in [1.54, 1.807) is 26.8 Å². The topological polar surface area (TPSA) is 85.6 Å². The van der Waals surface area contributed by atoms with Crippen molar-refractivity contribution in [2.75, 3.05) is 0 Å². The average molecular weight is 415 g/mol. The minimum atomic E-state index is -1.17. The van der Waals surface area contributed by atoms with Gasteiger partial charge in [-0.2, -0.15) is 0 Å².